The fourth-order valence-corrected chi connectivity index (χ4v) is 5.11. The molecule has 0 bridgehead atoms. The Morgan fingerprint density at radius 3 is 2.66 bits per heavy atom. The monoisotopic (exact) mass is 407 g/mol. The highest BCUT2D eigenvalue weighted by Gasteiger charge is 2.59. The number of nitrogen functional groups attached to an aromatic ring is 1. The van der Waals surface area contributed by atoms with Crippen molar-refractivity contribution in [3.63, 3.8) is 0 Å². The molecule has 0 radical (unpaired) electrons. The molecule has 0 saturated heterocycles. The number of halogens is 1. The van der Waals surface area contributed by atoms with E-state index < -0.39 is 0 Å². The number of pyridine rings is 1. The van der Waals surface area contributed by atoms with Crippen LogP contribution < -0.4 is 11.1 Å². The highest BCUT2D eigenvalue weighted by Crippen LogP contribution is 2.57. The molecule has 6 heteroatoms. The summed E-state index contributed by atoms with van der Waals surface area (Å²) in [6, 6.07) is 11.9. The topological polar surface area (TPSA) is 88.2 Å². The summed E-state index contributed by atoms with van der Waals surface area (Å²) < 4.78 is 0. The summed E-state index contributed by atoms with van der Waals surface area (Å²) in [5.41, 5.74) is 9.79. The largest absolute Gasteiger partial charge is 0.397 e. The Bertz CT molecular complexity index is 1130. The molecule has 2 aliphatic rings. The number of amides is 1. The standard InChI is InChI=1S/C23H22ClN3O2/c1-11-4-2-3-5-14(11)17-6-12-7-19(26-10-18(12)22(25)21(17)24)27-23(29)20-15-8-13(28)9-16(15)20/h2-7,10,13,15-16,20,28H,8-9,25H2,1H3,(H,26,27,29)/t13?,15-,16+,20?. The summed E-state index contributed by atoms with van der Waals surface area (Å²) in [5.74, 6) is 1.11. The van der Waals surface area contributed by atoms with Crippen molar-refractivity contribution < 1.29 is 9.90 Å². The molecule has 4 atom stereocenters. The van der Waals surface area contributed by atoms with Gasteiger partial charge in [-0.3, -0.25) is 4.79 Å². The number of nitrogens with zero attached hydrogens (tertiary/aromatic N) is 1. The van der Waals surface area contributed by atoms with E-state index in [0.717, 1.165) is 40.3 Å². The number of carbonyl (C=O) groups is 1. The van der Waals surface area contributed by atoms with Crippen molar-refractivity contribution in [3.8, 4) is 11.1 Å². The molecule has 0 aliphatic heterocycles. The molecule has 5 nitrogen and oxygen atoms in total. The van der Waals surface area contributed by atoms with Gasteiger partial charge >= 0.3 is 0 Å². The third-order valence-corrected chi connectivity index (χ3v) is 6.82. The molecular formula is C23H22ClN3O2. The number of hydrogen-bond donors (Lipinski definition) is 3. The second kappa shape index (κ2) is 6.71. The lowest BCUT2D eigenvalue weighted by atomic mass is 9.97. The molecule has 2 aliphatic carbocycles. The van der Waals surface area contributed by atoms with Crippen LogP contribution in [0.4, 0.5) is 11.5 Å². The number of anilines is 2. The van der Waals surface area contributed by atoms with E-state index in [1.807, 2.05) is 43.3 Å². The van der Waals surface area contributed by atoms with E-state index in [0.29, 0.717) is 28.4 Å². The molecule has 3 aromatic rings. The van der Waals surface area contributed by atoms with Gasteiger partial charge in [-0.25, -0.2) is 4.98 Å². The fourth-order valence-electron chi connectivity index (χ4n) is 4.85. The van der Waals surface area contributed by atoms with Gasteiger partial charge < -0.3 is 16.2 Å². The highest BCUT2D eigenvalue weighted by molar-refractivity contribution is 6.37. The van der Waals surface area contributed by atoms with Crippen molar-refractivity contribution in [1.82, 2.24) is 4.98 Å². The molecule has 1 amide bonds. The van der Waals surface area contributed by atoms with Crippen molar-refractivity contribution in [2.24, 2.45) is 17.8 Å². The van der Waals surface area contributed by atoms with Gasteiger partial charge in [-0.1, -0.05) is 35.9 Å². The summed E-state index contributed by atoms with van der Waals surface area (Å²) >= 11 is 6.58. The van der Waals surface area contributed by atoms with Crippen molar-refractivity contribution in [2.45, 2.75) is 25.9 Å². The average Bonchev–Trinajstić information content (AvgIpc) is 3.22. The summed E-state index contributed by atoms with van der Waals surface area (Å²) in [4.78, 5) is 17.0. The van der Waals surface area contributed by atoms with E-state index in [2.05, 4.69) is 10.3 Å². The van der Waals surface area contributed by atoms with Gasteiger partial charge in [0, 0.05) is 23.1 Å². The Hall–Kier alpha value is -2.63. The maximum atomic E-state index is 12.6. The summed E-state index contributed by atoms with van der Waals surface area (Å²) in [6.45, 7) is 2.04. The minimum atomic E-state index is -0.250. The number of hydrogen-bond acceptors (Lipinski definition) is 4. The van der Waals surface area contributed by atoms with Gasteiger partial charge in [-0.15, -0.1) is 0 Å². The third kappa shape index (κ3) is 3.05. The van der Waals surface area contributed by atoms with E-state index in [1.165, 1.54) is 0 Å². The number of rotatable bonds is 3. The molecule has 4 N–H and O–H groups in total. The van der Waals surface area contributed by atoms with Crippen LogP contribution in [-0.4, -0.2) is 22.1 Å². The molecule has 0 spiro atoms. The number of nitrogens with two attached hydrogens (primary N) is 1. The first kappa shape index (κ1) is 18.4. The molecule has 29 heavy (non-hydrogen) atoms. The van der Waals surface area contributed by atoms with Gasteiger partial charge in [0.25, 0.3) is 0 Å². The molecule has 5 rings (SSSR count). The van der Waals surface area contributed by atoms with Crippen LogP contribution in [0.2, 0.25) is 5.02 Å². The van der Waals surface area contributed by atoms with E-state index in [1.54, 1.807) is 6.20 Å². The minimum absolute atomic E-state index is 0.00582. The lowest BCUT2D eigenvalue weighted by molar-refractivity contribution is -0.118. The molecule has 2 fully saturated rings. The maximum absolute atomic E-state index is 12.6. The van der Waals surface area contributed by atoms with E-state index >= 15 is 0 Å². The highest BCUT2D eigenvalue weighted by atomic mass is 35.5. The Morgan fingerprint density at radius 1 is 1.21 bits per heavy atom. The van der Waals surface area contributed by atoms with Crippen LogP contribution in [0.25, 0.3) is 21.9 Å². The molecule has 2 aromatic carbocycles. The van der Waals surface area contributed by atoms with Crippen molar-refractivity contribution in [3.05, 3.63) is 53.2 Å². The minimum Gasteiger partial charge on any atom is -0.397 e. The molecule has 2 unspecified atom stereocenters. The van der Waals surface area contributed by atoms with Crippen LogP contribution in [-0.2, 0) is 4.79 Å². The second-order valence-electron chi connectivity index (χ2n) is 8.23. The summed E-state index contributed by atoms with van der Waals surface area (Å²) in [5, 5.41) is 14.7. The predicted octanol–water partition coefficient (Wildman–Crippen LogP) is 4.40. The molecule has 1 aromatic heterocycles. The lowest BCUT2D eigenvalue weighted by Crippen LogP contribution is -2.19. The first-order valence-electron chi connectivity index (χ1n) is 9.86. The van der Waals surface area contributed by atoms with Crippen molar-refractivity contribution in [1.29, 1.82) is 0 Å². The van der Waals surface area contributed by atoms with E-state index in [-0.39, 0.29) is 17.9 Å². The number of carbonyl (C=O) groups excluding carboxylic acids is 1. The number of aliphatic hydroxyl groups is 1. The molecule has 2 saturated carbocycles. The zero-order valence-electron chi connectivity index (χ0n) is 16.0. The number of aryl methyl sites for hydroxylation is 1. The van der Waals surface area contributed by atoms with Crippen LogP contribution >= 0.6 is 11.6 Å². The number of nitrogens with one attached hydrogen (secondary N) is 1. The second-order valence-corrected chi connectivity index (χ2v) is 8.60. The average molecular weight is 408 g/mol. The summed E-state index contributed by atoms with van der Waals surface area (Å²) in [7, 11) is 0. The summed E-state index contributed by atoms with van der Waals surface area (Å²) in [6.07, 6.45) is 2.86. The van der Waals surface area contributed by atoms with Crippen LogP contribution in [0.3, 0.4) is 0 Å². The van der Waals surface area contributed by atoms with E-state index in [9.17, 15) is 9.90 Å². The fraction of sp³-hybridized carbons (Fsp3) is 0.304. The SMILES string of the molecule is Cc1ccccc1-c1cc2cc(NC(=O)C3[C@H]4CC(O)C[C@@H]34)ncc2c(N)c1Cl. The number of fused-ring (bicyclic) bond motifs is 2. The number of aliphatic hydroxyl groups excluding tert-OH is 1. The predicted molar refractivity (Wildman–Crippen MR) is 116 cm³/mol. The molecular weight excluding hydrogens is 386 g/mol. The quantitative estimate of drug-likeness (QED) is 0.561. The molecule has 148 valence electrons. The van der Waals surface area contributed by atoms with Crippen LogP contribution in [0.15, 0.2) is 42.6 Å². The molecule has 1 heterocycles. The van der Waals surface area contributed by atoms with Gasteiger partial charge in [0.05, 0.1) is 16.8 Å². The Labute approximate surface area is 173 Å². The zero-order valence-corrected chi connectivity index (χ0v) is 16.8. The Morgan fingerprint density at radius 2 is 1.93 bits per heavy atom. The number of aromatic nitrogens is 1. The number of benzene rings is 2. The maximum Gasteiger partial charge on any atom is 0.229 e. The van der Waals surface area contributed by atoms with Gasteiger partial charge in [-0.2, -0.15) is 0 Å². The lowest BCUT2D eigenvalue weighted by Gasteiger charge is -2.14. The Balaban J connectivity index is 1.47. The smallest absolute Gasteiger partial charge is 0.229 e. The van der Waals surface area contributed by atoms with Crippen LogP contribution in [0.5, 0.6) is 0 Å². The first-order chi connectivity index (χ1) is 13.9. The van der Waals surface area contributed by atoms with Gasteiger partial charge in [0.15, 0.2) is 0 Å². The first-order valence-corrected chi connectivity index (χ1v) is 10.2. The zero-order chi connectivity index (χ0) is 20.3. The van der Waals surface area contributed by atoms with Crippen molar-refractivity contribution in [2.75, 3.05) is 11.1 Å². The Kier molecular flexibility index (Phi) is 4.26. The van der Waals surface area contributed by atoms with Gasteiger partial charge in [-0.05, 0) is 60.2 Å². The normalized spacial score (nSPS) is 25.1. The van der Waals surface area contributed by atoms with Gasteiger partial charge in [0.1, 0.15) is 5.82 Å². The van der Waals surface area contributed by atoms with Crippen molar-refractivity contribution >= 4 is 39.8 Å². The van der Waals surface area contributed by atoms with E-state index in [4.69, 9.17) is 17.3 Å². The van der Waals surface area contributed by atoms with Crippen LogP contribution in [0, 0.1) is 24.7 Å². The van der Waals surface area contributed by atoms with Gasteiger partial charge in [0.2, 0.25) is 5.91 Å². The van der Waals surface area contributed by atoms with Crippen LogP contribution in [0.1, 0.15) is 18.4 Å². The third-order valence-electron chi connectivity index (χ3n) is 6.41.